The molecule has 1 aromatic rings. The van der Waals surface area contributed by atoms with Crippen molar-refractivity contribution in [3.8, 4) is 0 Å². The summed E-state index contributed by atoms with van der Waals surface area (Å²) in [5, 5.41) is 6.66. The highest BCUT2D eigenvalue weighted by Gasteiger charge is 2.20. The van der Waals surface area contributed by atoms with Gasteiger partial charge in [0.2, 0.25) is 0 Å². The van der Waals surface area contributed by atoms with Crippen molar-refractivity contribution in [1.29, 1.82) is 0 Å². The fraction of sp³-hybridized carbons (Fsp3) is 0.579. The largest absolute Gasteiger partial charge is 0.357 e. The van der Waals surface area contributed by atoms with Crippen LogP contribution in [0.25, 0.3) is 0 Å². The highest BCUT2D eigenvalue weighted by molar-refractivity contribution is 5.93. The van der Waals surface area contributed by atoms with Crippen LogP contribution in [0.4, 0.5) is 0 Å². The van der Waals surface area contributed by atoms with E-state index in [2.05, 4.69) is 55.4 Å². The summed E-state index contributed by atoms with van der Waals surface area (Å²) in [6, 6.07) is 7.60. The smallest absolute Gasteiger partial charge is 0.253 e. The van der Waals surface area contributed by atoms with Crippen LogP contribution >= 0.6 is 0 Å². The lowest BCUT2D eigenvalue weighted by Gasteiger charge is -2.33. The number of rotatable bonds is 7. The van der Waals surface area contributed by atoms with E-state index >= 15 is 0 Å². The molecule has 0 saturated heterocycles. The van der Waals surface area contributed by atoms with E-state index in [4.69, 9.17) is 0 Å². The molecule has 0 saturated carbocycles. The van der Waals surface area contributed by atoms with Crippen molar-refractivity contribution < 1.29 is 4.79 Å². The maximum absolute atomic E-state index is 11.9. The predicted octanol–water partition coefficient (Wildman–Crippen LogP) is 1.78. The molecular weight excluding hydrogens is 314 g/mol. The number of carbonyl (C=O) groups is 1. The molecular formula is C19H33N5O. The highest BCUT2D eigenvalue weighted by Crippen LogP contribution is 2.09. The van der Waals surface area contributed by atoms with Crippen molar-refractivity contribution >= 4 is 11.9 Å². The molecule has 6 nitrogen and oxygen atoms in total. The normalized spacial score (nSPS) is 12.2. The lowest BCUT2D eigenvalue weighted by atomic mass is 10.0. The predicted molar refractivity (Wildman–Crippen MR) is 105 cm³/mol. The van der Waals surface area contributed by atoms with Gasteiger partial charge in [0.15, 0.2) is 5.96 Å². The molecule has 2 N–H and O–H groups in total. The third kappa shape index (κ3) is 6.74. The zero-order chi connectivity index (χ0) is 19.0. The summed E-state index contributed by atoms with van der Waals surface area (Å²) in [6.07, 6.45) is 0. The van der Waals surface area contributed by atoms with Crippen LogP contribution < -0.4 is 10.6 Å². The Morgan fingerprint density at radius 3 is 2.16 bits per heavy atom. The molecule has 0 heterocycles. The first-order valence-electron chi connectivity index (χ1n) is 8.67. The molecule has 1 rings (SSSR count). The Bertz CT molecular complexity index is 576. The van der Waals surface area contributed by atoms with Crippen molar-refractivity contribution in [2.75, 3.05) is 41.3 Å². The van der Waals surface area contributed by atoms with Crippen molar-refractivity contribution in [1.82, 2.24) is 20.4 Å². The number of hydrogen-bond acceptors (Lipinski definition) is 3. The van der Waals surface area contributed by atoms with Crippen molar-refractivity contribution in [2.24, 2.45) is 4.99 Å². The zero-order valence-electron chi connectivity index (χ0n) is 16.7. The van der Waals surface area contributed by atoms with E-state index in [9.17, 15) is 4.79 Å². The number of guanidine groups is 1. The lowest BCUT2D eigenvalue weighted by molar-refractivity contribution is 0.0827. The van der Waals surface area contributed by atoms with E-state index in [0.29, 0.717) is 12.1 Å². The van der Waals surface area contributed by atoms with Crippen LogP contribution in [0.1, 0.15) is 36.7 Å². The van der Waals surface area contributed by atoms with Crippen LogP contribution in [0, 0.1) is 0 Å². The van der Waals surface area contributed by atoms with Gasteiger partial charge in [0.25, 0.3) is 5.91 Å². The Morgan fingerprint density at radius 2 is 1.68 bits per heavy atom. The summed E-state index contributed by atoms with van der Waals surface area (Å²) >= 11 is 0. The molecule has 0 unspecified atom stereocenters. The van der Waals surface area contributed by atoms with Gasteiger partial charge in [-0.05, 0) is 52.6 Å². The zero-order valence-corrected chi connectivity index (χ0v) is 16.7. The highest BCUT2D eigenvalue weighted by atomic mass is 16.2. The van der Waals surface area contributed by atoms with E-state index < -0.39 is 0 Å². The Balaban J connectivity index is 2.72. The second-order valence-corrected chi connectivity index (χ2v) is 7.15. The van der Waals surface area contributed by atoms with E-state index in [1.165, 1.54) is 0 Å². The van der Waals surface area contributed by atoms with Crippen LogP contribution in [0.2, 0.25) is 0 Å². The molecule has 0 aliphatic rings. The van der Waals surface area contributed by atoms with E-state index in [1.54, 1.807) is 19.0 Å². The first-order valence-corrected chi connectivity index (χ1v) is 8.67. The minimum absolute atomic E-state index is 0.0102. The van der Waals surface area contributed by atoms with Crippen LogP contribution in [0.5, 0.6) is 0 Å². The number of nitrogens with zero attached hydrogens (tertiary/aromatic N) is 3. The fourth-order valence-corrected chi connectivity index (χ4v) is 1.98. The van der Waals surface area contributed by atoms with Gasteiger partial charge >= 0.3 is 0 Å². The Kier molecular flexibility index (Phi) is 7.90. The number of nitrogens with one attached hydrogen (secondary N) is 2. The van der Waals surface area contributed by atoms with E-state index in [-0.39, 0.29) is 11.4 Å². The Labute approximate surface area is 152 Å². The molecule has 6 heteroatoms. The minimum atomic E-state index is 0.0102. The molecule has 140 valence electrons. The maximum atomic E-state index is 11.9. The summed E-state index contributed by atoms with van der Waals surface area (Å²) in [4.78, 5) is 20.3. The molecule has 0 bridgehead atoms. The molecule has 25 heavy (non-hydrogen) atoms. The topological polar surface area (TPSA) is 60.0 Å². The van der Waals surface area contributed by atoms with Crippen LogP contribution in [0.15, 0.2) is 29.3 Å². The number of amides is 1. The van der Waals surface area contributed by atoms with Gasteiger partial charge in [-0.1, -0.05) is 12.1 Å². The number of benzene rings is 1. The minimum Gasteiger partial charge on any atom is -0.357 e. The third-order valence-electron chi connectivity index (χ3n) is 4.27. The van der Waals surface area contributed by atoms with E-state index in [1.807, 2.05) is 24.3 Å². The SMILES string of the molecule is CCNC(=NCc1ccc(C(=O)N(C)C)cc1)NCC(C)(C)N(C)C. The fourth-order valence-electron chi connectivity index (χ4n) is 1.98. The van der Waals surface area contributed by atoms with Crippen LogP contribution in [-0.4, -0.2) is 68.5 Å². The van der Waals surface area contributed by atoms with E-state index in [0.717, 1.165) is 24.6 Å². The lowest BCUT2D eigenvalue weighted by Crippen LogP contribution is -2.50. The van der Waals surface area contributed by atoms with Gasteiger partial charge in [-0.15, -0.1) is 0 Å². The Morgan fingerprint density at radius 1 is 1.08 bits per heavy atom. The second-order valence-electron chi connectivity index (χ2n) is 7.15. The molecule has 0 spiro atoms. The molecule has 1 aromatic carbocycles. The molecule has 0 aliphatic carbocycles. The summed E-state index contributed by atoms with van der Waals surface area (Å²) in [5.74, 6) is 0.807. The van der Waals surface area contributed by atoms with Crippen molar-refractivity contribution in [2.45, 2.75) is 32.9 Å². The molecule has 0 aliphatic heterocycles. The first kappa shape index (κ1) is 21.0. The van der Waals surface area contributed by atoms with Gasteiger partial charge in [-0.2, -0.15) is 0 Å². The summed E-state index contributed by atoms with van der Waals surface area (Å²) < 4.78 is 0. The molecule has 1 amide bonds. The van der Waals surface area contributed by atoms with Gasteiger partial charge in [-0.25, -0.2) is 4.99 Å². The average molecular weight is 348 g/mol. The van der Waals surface area contributed by atoms with Gasteiger partial charge in [0.1, 0.15) is 0 Å². The Hall–Kier alpha value is -2.08. The third-order valence-corrected chi connectivity index (χ3v) is 4.27. The van der Waals surface area contributed by atoms with Crippen molar-refractivity contribution in [3.63, 3.8) is 0 Å². The summed E-state index contributed by atoms with van der Waals surface area (Å²) in [5.41, 5.74) is 1.79. The van der Waals surface area contributed by atoms with Crippen LogP contribution in [-0.2, 0) is 6.54 Å². The van der Waals surface area contributed by atoms with Gasteiger partial charge < -0.3 is 20.4 Å². The first-order chi connectivity index (χ1) is 11.7. The summed E-state index contributed by atoms with van der Waals surface area (Å²) in [6.45, 7) is 8.59. The molecule has 0 radical (unpaired) electrons. The second kappa shape index (κ2) is 9.42. The molecule has 0 aromatic heterocycles. The maximum Gasteiger partial charge on any atom is 0.253 e. The number of carbonyl (C=O) groups excluding carboxylic acids is 1. The molecule has 0 atom stereocenters. The number of hydrogen-bond donors (Lipinski definition) is 2. The average Bonchev–Trinajstić information content (AvgIpc) is 2.57. The number of likely N-dealkylation sites (N-methyl/N-ethyl adjacent to an activating group) is 1. The van der Waals surface area contributed by atoms with Crippen LogP contribution in [0.3, 0.4) is 0 Å². The standard InChI is InChI=1S/C19H33N5O/c1-8-20-18(22-14-19(2,3)24(6)7)21-13-15-9-11-16(12-10-15)17(25)23(4)5/h9-12H,8,13-14H2,1-7H3,(H2,20,21,22). The van der Waals surface area contributed by atoms with Gasteiger partial charge in [-0.3, -0.25) is 4.79 Å². The van der Waals surface area contributed by atoms with Crippen molar-refractivity contribution in [3.05, 3.63) is 35.4 Å². The quantitative estimate of drug-likeness (QED) is 0.583. The van der Waals surface area contributed by atoms with Gasteiger partial charge in [0, 0.05) is 38.3 Å². The monoisotopic (exact) mass is 347 g/mol. The number of aliphatic imine (C=N–C) groups is 1. The van der Waals surface area contributed by atoms with Gasteiger partial charge in [0.05, 0.1) is 6.54 Å². The molecule has 0 fully saturated rings. The summed E-state index contributed by atoms with van der Waals surface area (Å²) in [7, 11) is 7.65.